The number of benzene rings is 1. The summed E-state index contributed by atoms with van der Waals surface area (Å²) in [7, 11) is 0. The average molecular weight is 222 g/mol. The fraction of sp³-hybridized carbons (Fsp3) is 0.294. The smallest absolute Gasteiger partial charge is 0.00925 e. The Hall–Kier alpha value is -1.56. The van der Waals surface area contributed by atoms with Crippen molar-refractivity contribution in [3.63, 3.8) is 0 Å². The van der Waals surface area contributed by atoms with Crippen molar-refractivity contribution in [2.45, 2.75) is 20.3 Å². The summed E-state index contributed by atoms with van der Waals surface area (Å²) < 4.78 is 0. The minimum Gasteiger partial charge on any atom is -0.0802 e. The SMILES string of the molecule is CC1=C(c2ccccc2C)C2C=CC=CC2C1. The highest BCUT2D eigenvalue weighted by atomic mass is 14.4. The lowest BCUT2D eigenvalue weighted by Crippen LogP contribution is -2.08. The third-order valence-corrected chi connectivity index (χ3v) is 4.02. The van der Waals surface area contributed by atoms with Crippen LogP contribution in [0.5, 0.6) is 0 Å². The largest absolute Gasteiger partial charge is 0.0802 e. The van der Waals surface area contributed by atoms with Crippen molar-refractivity contribution in [1.82, 2.24) is 0 Å². The molecule has 1 aromatic carbocycles. The van der Waals surface area contributed by atoms with Gasteiger partial charge in [0.2, 0.25) is 0 Å². The van der Waals surface area contributed by atoms with Gasteiger partial charge in [-0.3, -0.25) is 0 Å². The second kappa shape index (κ2) is 4.03. The van der Waals surface area contributed by atoms with E-state index in [1.54, 1.807) is 11.1 Å². The van der Waals surface area contributed by atoms with Gasteiger partial charge in [0.1, 0.15) is 0 Å². The first-order chi connectivity index (χ1) is 8.27. The molecule has 0 heterocycles. The Morgan fingerprint density at radius 2 is 1.76 bits per heavy atom. The van der Waals surface area contributed by atoms with Crippen molar-refractivity contribution in [2.75, 3.05) is 0 Å². The van der Waals surface area contributed by atoms with Crippen molar-refractivity contribution >= 4 is 5.57 Å². The van der Waals surface area contributed by atoms with Crippen molar-refractivity contribution in [3.05, 3.63) is 65.3 Å². The van der Waals surface area contributed by atoms with Gasteiger partial charge in [0.15, 0.2) is 0 Å². The van der Waals surface area contributed by atoms with Crippen LogP contribution in [-0.2, 0) is 0 Å². The van der Waals surface area contributed by atoms with Gasteiger partial charge >= 0.3 is 0 Å². The Labute approximate surface area is 103 Å². The summed E-state index contributed by atoms with van der Waals surface area (Å²) in [5.74, 6) is 1.29. The molecule has 0 bridgehead atoms. The predicted molar refractivity (Wildman–Crippen MR) is 73.7 cm³/mol. The number of allylic oxidation sites excluding steroid dienone is 6. The number of hydrogen-bond donors (Lipinski definition) is 0. The fourth-order valence-electron chi connectivity index (χ4n) is 3.19. The molecular weight excluding hydrogens is 204 g/mol. The van der Waals surface area contributed by atoms with E-state index in [1.165, 1.54) is 17.5 Å². The molecule has 17 heavy (non-hydrogen) atoms. The molecule has 2 atom stereocenters. The van der Waals surface area contributed by atoms with Crippen LogP contribution in [0.3, 0.4) is 0 Å². The minimum absolute atomic E-state index is 0.598. The first-order valence-corrected chi connectivity index (χ1v) is 6.38. The van der Waals surface area contributed by atoms with Gasteiger partial charge in [-0.15, -0.1) is 0 Å². The number of hydrogen-bond acceptors (Lipinski definition) is 0. The van der Waals surface area contributed by atoms with Gasteiger partial charge < -0.3 is 0 Å². The van der Waals surface area contributed by atoms with E-state index in [0.29, 0.717) is 11.8 Å². The lowest BCUT2D eigenvalue weighted by molar-refractivity contribution is 0.598. The highest BCUT2D eigenvalue weighted by Gasteiger charge is 2.31. The van der Waals surface area contributed by atoms with Crippen LogP contribution >= 0.6 is 0 Å². The summed E-state index contributed by atoms with van der Waals surface area (Å²) in [4.78, 5) is 0. The van der Waals surface area contributed by atoms with Gasteiger partial charge in [-0.2, -0.15) is 0 Å². The molecule has 2 aliphatic rings. The number of rotatable bonds is 1. The standard InChI is InChI=1S/C17H18/c1-12-7-3-5-9-15(12)17-13(2)11-14-8-4-6-10-16(14)17/h3-10,14,16H,11H2,1-2H3. The molecule has 0 saturated carbocycles. The Balaban J connectivity index is 2.09. The highest BCUT2D eigenvalue weighted by molar-refractivity contribution is 5.76. The maximum atomic E-state index is 2.36. The molecule has 0 aliphatic heterocycles. The van der Waals surface area contributed by atoms with E-state index in [9.17, 15) is 0 Å². The topological polar surface area (TPSA) is 0 Å². The molecule has 3 rings (SSSR count). The maximum absolute atomic E-state index is 2.36. The van der Waals surface area contributed by atoms with E-state index in [1.807, 2.05) is 0 Å². The van der Waals surface area contributed by atoms with Crippen LogP contribution in [0.25, 0.3) is 5.57 Å². The molecule has 0 nitrogen and oxygen atoms in total. The van der Waals surface area contributed by atoms with Crippen LogP contribution in [0.2, 0.25) is 0 Å². The molecule has 2 aliphatic carbocycles. The molecule has 0 fully saturated rings. The minimum atomic E-state index is 0.598. The van der Waals surface area contributed by atoms with Gasteiger partial charge in [-0.25, -0.2) is 0 Å². The molecule has 0 saturated heterocycles. The Morgan fingerprint density at radius 3 is 2.59 bits per heavy atom. The first kappa shape index (κ1) is 10.6. The second-order valence-electron chi connectivity index (χ2n) is 5.17. The van der Waals surface area contributed by atoms with Crippen molar-refractivity contribution in [2.24, 2.45) is 11.8 Å². The molecule has 2 unspecified atom stereocenters. The Bertz CT molecular complexity index is 529. The number of aryl methyl sites for hydroxylation is 1. The maximum Gasteiger partial charge on any atom is 0.00925 e. The molecule has 0 spiro atoms. The second-order valence-corrected chi connectivity index (χ2v) is 5.17. The zero-order valence-corrected chi connectivity index (χ0v) is 10.5. The normalized spacial score (nSPS) is 26.5. The van der Waals surface area contributed by atoms with E-state index in [-0.39, 0.29) is 0 Å². The lowest BCUT2D eigenvalue weighted by atomic mass is 9.84. The van der Waals surface area contributed by atoms with Gasteiger partial charge in [-0.1, -0.05) is 54.1 Å². The monoisotopic (exact) mass is 222 g/mol. The Morgan fingerprint density at radius 1 is 1.00 bits per heavy atom. The van der Waals surface area contributed by atoms with Gasteiger partial charge in [0, 0.05) is 5.92 Å². The zero-order valence-electron chi connectivity index (χ0n) is 10.5. The van der Waals surface area contributed by atoms with Crippen molar-refractivity contribution in [3.8, 4) is 0 Å². The van der Waals surface area contributed by atoms with E-state index >= 15 is 0 Å². The summed E-state index contributed by atoms with van der Waals surface area (Å²) in [6, 6.07) is 8.75. The third kappa shape index (κ3) is 1.68. The molecule has 0 heteroatoms. The van der Waals surface area contributed by atoms with E-state index in [4.69, 9.17) is 0 Å². The predicted octanol–water partition coefficient (Wildman–Crippen LogP) is 4.53. The van der Waals surface area contributed by atoms with Crippen molar-refractivity contribution < 1.29 is 0 Å². The molecule has 0 N–H and O–H groups in total. The van der Waals surface area contributed by atoms with Crippen LogP contribution in [0, 0.1) is 18.8 Å². The molecule has 0 radical (unpaired) electrons. The summed E-state index contributed by atoms with van der Waals surface area (Å²) >= 11 is 0. The summed E-state index contributed by atoms with van der Waals surface area (Å²) in [6.07, 6.45) is 10.3. The molecule has 0 amide bonds. The molecule has 86 valence electrons. The third-order valence-electron chi connectivity index (χ3n) is 4.02. The Kier molecular flexibility index (Phi) is 2.51. The van der Waals surface area contributed by atoms with Crippen molar-refractivity contribution in [1.29, 1.82) is 0 Å². The zero-order chi connectivity index (χ0) is 11.8. The van der Waals surface area contributed by atoms with Crippen LogP contribution in [0.4, 0.5) is 0 Å². The van der Waals surface area contributed by atoms with Crippen LogP contribution in [0.1, 0.15) is 24.5 Å². The fourth-order valence-corrected chi connectivity index (χ4v) is 3.19. The summed E-state index contributed by atoms with van der Waals surface area (Å²) in [5.41, 5.74) is 5.96. The summed E-state index contributed by atoms with van der Waals surface area (Å²) in [6.45, 7) is 4.51. The highest BCUT2D eigenvalue weighted by Crippen LogP contribution is 2.46. The summed E-state index contributed by atoms with van der Waals surface area (Å²) in [5, 5.41) is 0. The number of fused-ring (bicyclic) bond motifs is 1. The quantitative estimate of drug-likeness (QED) is 0.655. The van der Waals surface area contributed by atoms with Gasteiger partial charge in [0.25, 0.3) is 0 Å². The average Bonchev–Trinajstić information content (AvgIpc) is 2.66. The van der Waals surface area contributed by atoms with E-state index in [2.05, 4.69) is 62.4 Å². The molecule has 1 aromatic rings. The molecule has 0 aromatic heterocycles. The van der Waals surface area contributed by atoms with Crippen LogP contribution < -0.4 is 0 Å². The van der Waals surface area contributed by atoms with Crippen LogP contribution in [-0.4, -0.2) is 0 Å². The molecular formula is C17H18. The lowest BCUT2D eigenvalue weighted by Gasteiger charge is -2.20. The van der Waals surface area contributed by atoms with Gasteiger partial charge in [-0.05, 0) is 42.9 Å². The first-order valence-electron chi connectivity index (χ1n) is 6.38. The van der Waals surface area contributed by atoms with E-state index in [0.717, 1.165) is 0 Å². The van der Waals surface area contributed by atoms with Gasteiger partial charge in [0.05, 0.1) is 0 Å². The van der Waals surface area contributed by atoms with Crippen LogP contribution in [0.15, 0.2) is 54.1 Å². The van der Waals surface area contributed by atoms with E-state index < -0.39 is 0 Å².